The second-order valence-corrected chi connectivity index (χ2v) is 3.60. The summed E-state index contributed by atoms with van der Waals surface area (Å²) in [5.41, 5.74) is 10.1. The van der Waals surface area contributed by atoms with Gasteiger partial charge in [0.15, 0.2) is 5.11 Å². The normalized spacial score (nSPS) is 10.0. The molecule has 0 spiro atoms. The molecule has 0 aliphatic rings. The smallest absolute Gasteiger partial charge is 0.270 e. The highest BCUT2D eigenvalue weighted by atomic mass is 32.1. The van der Waals surface area contributed by atoms with Crippen molar-refractivity contribution in [2.75, 3.05) is 0 Å². The van der Waals surface area contributed by atoms with E-state index in [1.54, 1.807) is 6.07 Å². The van der Waals surface area contributed by atoms with Gasteiger partial charge in [0, 0.05) is 18.2 Å². The van der Waals surface area contributed by atoms with E-state index in [9.17, 15) is 14.9 Å². The molecule has 0 unspecified atom stereocenters. The van der Waals surface area contributed by atoms with E-state index < -0.39 is 10.8 Å². The average molecular weight is 266 g/mol. The Labute approximate surface area is 108 Å². The lowest BCUT2D eigenvalue weighted by atomic mass is 10.2. The van der Waals surface area contributed by atoms with Gasteiger partial charge in [0.05, 0.1) is 4.92 Å². The highest BCUT2D eigenvalue weighted by molar-refractivity contribution is 7.80. The summed E-state index contributed by atoms with van der Waals surface area (Å²) >= 11 is 4.49. The van der Waals surface area contributed by atoms with Crippen LogP contribution in [-0.2, 0) is 4.79 Å². The molecule has 0 fully saturated rings. The summed E-state index contributed by atoms with van der Waals surface area (Å²) in [7, 11) is 0. The van der Waals surface area contributed by atoms with Crippen molar-refractivity contribution in [2.45, 2.75) is 0 Å². The Bertz CT molecular complexity index is 516. The number of carbonyl (C=O) groups is 1. The molecular weight excluding hydrogens is 256 g/mol. The molecule has 1 rings (SSSR count). The largest absolute Gasteiger partial charge is 0.375 e. The van der Waals surface area contributed by atoms with Crippen molar-refractivity contribution in [2.24, 2.45) is 5.73 Å². The maximum absolute atomic E-state index is 11.2. The first-order valence-electron chi connectivity index (χ1n) is 4.77. The van der Waals surface area contributed by atoms with Gasteiger partial charge in [-0.15, -0.1) is 0 Å². The number of nitrogens with two attached hydrogens (primary N) is 1. The number of hydrazine groups is 1. The molecule has 8 heteroatoms. The number of non-ortho nitro benzene ring substituents is 1. The minimum Gasteiger partial charge on any atom is -0.375 e. The van der Waals surface area contributed by atoms with Crippen LogP contribution in [0.1, 0.15) is 5.56 Å². The molecule has 0 atom stereocenters. The molecular formula is C10H10N4O3S. The minimum absolute atomic E-state index is 0.0428. The van der Waals surface area contributed by atoms with Crippen molar-refractivity contribution in [3.63, 3.8) is 0 Å². The minimum atomic E-state index is -0.508. The van der Waals surface area contributed by atoms with Crippen LogP contribution in [0.5, 0.6) is 0 Å². The average Bonchev–Trinajstić information content (AvgIpc) is 2.34. The molecule has 7 nitrogen and oxygen atoms in total. The van der Waals surface area contributed by atoms with Crippen molar-refractivity contribution in [3.05, 3.63) is 46.0 Å². The van der Waals surface area contributed by atoms with Crippen LogP contribution < -0.4 is 16.6 Å². The fraction of sp³-hybridized carbons (Fsp3) is 0. The summed E-state index contributed by atoms with van der Waals surface area (Å²) in [4.78, 5) is 21.3. The van der Waals surface area contributed by atoms with Crippen molar-refractivity contribution >= 4 is 35.0 Å². The number of hydrogen-bond acceptors (Lipinski definition) is 4. The molecule has 1 amide bonds. The molecule has 94 valence electrons. The van der Waals surface area contributed by atoms with Crippen LogP contribution in [0.15, 0.2) is 30.3 Å². The summed E-state index contributed by atoms with van der Waals surface area (Å²) in [6.07, 6.45) is 2.63. The SMILES string of the molecule is NC(=S)NNC(=O)/C=C/c1cccc([N+](=O)[O-])c1. The van der Waals surface area contributed by atoms with Gasteiger partial charge in [0.2, 0.25) is 0 Å². The molecule has 0 radical (unpaired) electrons. The summed E-state index contributed by atoms with van der Waals surface area (Å²) < 4.78 is 0. The van der Waals surface area contributed by atoms with Gasteiger partial charge >= 0.3 is 0 Å². The highest BCUT2D eigenvalue weighted by Crippen LogP contribution is 2.13. The van der Waals surface area contributed by atoms with E-state index in [0.29, 0.717) is 5.56 Å². The zero-order valence-electron chi connectivity index (χ0n) is 9.12. The number of nitrogens with zero attached hydrogens (tertiary/aromatic N) is 1. The quantitative estimate of drug-likeness (QED) is 0.317. The molecule has 1 aromatic rings. The Morgan fingerprint density at radius 2 is 2.17 bits per heavy atom. The van der Waals surface area contributed by atoms with Crippen molar-refractivity contribution in [1.82, 2.24) is 10.9 Å². The van der Waals surface area contributed by atoms with Gasteiger partial charge in [-0.05, 0) is 23.9 Å². The third-order valence-corrected chi connectivity index (χ3v) is 1.92. The van der Waals surface area contributed by atoms with Crippen molar-refractivity contribution < 1.29 is 9.72 Å². The summed E-state index contributed by atoms with van der Waals surface area (Å²) in [6, 6.07) is 5.89. The fourth-order valence-corrected chi connectivity index (χ4v) is 1.13. The maximum Gasteiger partial charge on any atom is 0.270 e. The van der Waals surface area contributed by atoms with Gasteiger partial charge in [-0.25, -0.2) is 0 Å². The summed E-state index contributed by atoms with van der Waals surface area (Å²) in [6.45, 7) is 0. The number of nitro benzene ring substituents is 1. The van der Waals surface area contributed by atoms with E-state index in [1.807, 2.05) is 0 Å². The Morgan fingerprint density at radius 3 is 2.78 bits per heavy atom. The fourth-order valence-electron chi connectivity index (χ4n) is 1.08. The number of rotatable bonds is 3. The first kappa shape index (κ1) is 13.6. The maximum atomic E-state index is 11.2. The number of carbonyl (C=O) groups excluding carboxylic acids is 1. The number of amides is 1. The number of nitrogens with one attached hydrogen (secondary N) is 2. The molecule has 4 N–H and O–H groups in total. The summed E-state index contributed by atoms with van der Waals surface area (Å²) in [5, 5.41) is 10.5. The van der Waals surface area contributed by atoms with E-state index >= 15 is 0 Å². The zero-order valence-corrected chi connectivity index (χ0v) is 9.94. The topological polar surface area (TPSA) is 110 Å². The van der Waals surface area contributed by atoms with E-state index in [1.165, 1.54) is 30.4 Å². The van der Waals surface area contributed by atoms with Crippen LogP contribution in [0.25, 0.3) is 6.08 Å². The molecule has 0 saturated carbocycles. The Kier molecular flexibility index (Phi) is 4.76. The van der Waals surface area contributed by atoms with Crippen LogP contribution in [0.2, 0.25) is 0 Å². The lowest BCUT2D eigenvalue weighted by Crippen LogP contribution is -2.43. The summed E-state index contributed by atoms with van der Waals surface area (Å²) in [5.74, 6) is -0.477. The Balaban J connectivity index is 2.66. The van der Waals surface area contributed by atoms with E-state index in [2.05, 4.69) is 23.1 Å². The van der Waals surface area contributed by atoms with Crippen LogP contribution >= 0.6 is 12.2 Å². The predicted molar refractivity (Wildman–Crippen MR) is 70.2 cm³/mol. The first-order valence-corrected chi connectivity index (χ1v) is 5.18. The van der Waals surface area contributed by atoms with Crippen LogP contribution in [0, 0.1) is 10.1 Å². The molecule has 0 bridgehead atoms. The lowest BCUT2D eigenvalue weighted by Gasteiger charge is -2.02. The van der Waals surface area contributed by atoms with Crippen molar-refractivity contribution in [1.29, 1.82) is 0 Å². The number of benzene rings is 1. The molecule has 0 aromatic heterocycles. The van der Waals surface area contributed by atoms with Crippen molar-refractivity contribution in [3.8, 4) is 0 Å². The van der Waals surface area contributed by atoms with Crippen LogP contribution in [0.3, 0.4) is 0 Å². The number of nitro groups is 1. The third-order valence-electron chi connectivity index (χ3n) is 1.82. The molecule has 18 heavy (non-hydrogen) atoms. The number of hydrogen-bond donors (Lipinski definition) is 3. The Morgan fingerprint density at radius 1 is 1.44 bits per heavy atom. The number of thiocarbonyl (C=S) groups is 1. The second kappa shape index (κ2) is 6.30. The second-order valence-electron chi connectivity index (χ2n) is 3.16. The zero-order chi connectivity index (χ0) is 13.5. The lowest BCUT2D eigenvalue weighted by molar-refractivity contribution is -0.384. The van der Waals surface area contributed by atoms with Crippen LogP contribution in [0.4, 0.5) is 5.69 Å². The standard InChI is InChI=1S/C10H10N4O3S/c11-10(18)13-12-9(15)5-4-7-2-1-3-8(6-7)14(16)17/h1-6H,(H,12,15)(H3,11,13,18)/b5-4+. The predicted octanol–water partition coefficient (Wildman–Crippen LogP) is 0.472. The third kappa shape index (κ3) is 4.58. The van der Waals surface area contributed by atoms with Gasteiger partial charge < -0.3 is 5.73 Å². The molecule has 0 aliphatic carbocycles. The molecule has 1 aromatic carbocycles. The highest BCUT2D eigenvalue weighted by Gasteiger charge is 2.03. The van der Waals surface area contributed by atoms with Gasteiger partial charge in [-0.2, -0.15) is 0 Å². The molecule has 0 heterocycles. The van der Waals surface area contributed by atoms with Crippen LogP contribution in [-0.4, -0.2) is 15.9 Å². The Hall–Kier alpha value is -2.48. The van der Waals surface area contributed by atoms with Gasteiger partial charge in [0.25, 0.3) is 11.6 Å². The monoisotopic (exact) mass is 266 g/mol. The van der Waals surface area contributed by atoms with E-state index in [-0.39, 0.29) is 10.8 Å². The molecule has 0 aliphatic heterocycles. The van der Waals surface area contributed by atoms with Gasteiger partial charge in [0.1, 0.15) is 0 Å². The molecule has 0 saturated heterocycles. The van der Waals surface area contributed by atoms with Gasteiger partial charge in [-0.3, -0.25) is 25.8 Å². The van der Waals surface area contributed by atoms with Gasteiger partial charge in [-0.1, -0.05) is 12.1 Å². The first-order chi connectivity index (χ1) is 8.49. The van der Waals surface area contributed by atoms with E-state index in [4.69, 9.17) is 5.73 Å². The van der Waals surface area contributed by atoms with E-state index in [0.717, 1.165) is 0 Å².